The van der Waals surface area contributed by atoms with Crippen LogP contribution in [0.2, 0.25) is 5.02 Å². The van der Waals surface area contributed by atoms with Crippen molar-refractivity contribution in [3.63, 3.8) is 0 Å². The number of fused-ring (bicyclic) bond motifs is 1. The Balaban J connectivity index is 1.59. The fourth-order valence-electron chi connectivity index (χ4n) is 3.89. The first-order chi connectivity index (χ1) is 14.2. The molecule has 1 unspecified atom stereocenters. The number of rotatable bonds is 7. The SMILES string of the molecule is CC(=O)NC(CC(=O)NCC(C)(C)N1CCc2ccccc2C1)c1ccc(Cl)cc1. The Morgan fingerprint density at radius 1 is 1.10 bits per heavy atom. The molecule has 2 amide bonds. The molecule has 1 aliphatic heterocycles. The number of carbonyl (C=O) groups is 2. The van der Waals surface area contributed by atoms with E-state index in [0.29, 0.717) is 11.6 Å². The molecule has 6 heteroatoms. The Morgan fingerprint density at radius 2 is 1.77 bits per heavy atom. The van der Waals surface area contributed by atoms with Crippen LogP contribution in [0.5, 0.6) is 0 Å². The summed E-state index contributed by atoms with van der Waals surface area (Å²) < 4.78 is 0. The predicted molar refractivity (Wildman–Crippen MR) is 120 cm³/mol. The quantitative estimate of drug-likeness (QED) is 0.705. The highest BCUT2D eigenvalue weighted by molar-refractivity contribution is 6.30. The largest absolute Gasteiger partial charge is 0.354 e. The minimum Gasteiger partial charge on any atom is -0.354 e. The van der Waals surface area contributed by atoms with Crippen LogP contribution in [-0.2, 0) is 22.6 Å². The maximum absolute atomic E-state index is 12.7. The van der Waals surface area contributed by atoms with Crippen molar-refractivity contribution in [3.8, 4) is 0 Å². The van der Waals surface area contributed by atoms with E-state index in [9.17, 15) is 9.59 Å². The molecule has 0 fully saturated rings. The molecule has 0 spiro atoms. The molecule has 2 aromatic rings. The third-order valence-electron chi connectivity index (χ3n) is 5.74. The van der Waals surface area contributed by atoms with Crippen molar-refractivity contribution in [1.82, 2.24) is 15.5 Å². The highest BCUT2D eigenvalue weighted by atomic mass is 35.5. The van der Waals surface area contributed by atoms with E-state index < -0.39 is 0 Å². The first kappa shape index (κ1) is 22.3. The van der Waals surface area contributed by atoms with Crippen LogP contribution in [-0.4, -0.2) is 35.3 Å². The Hall–Kier alpha value is -2.37. The van der Waals surface area contributed by atoms with Crippen molar-refractivity contribution in [2.24, 2.45) is 0 Å². The standard InChI is InChI=1S/C24H30ClN3O2/c1-17(29)27-22(19-8-10-21(25)11-9-19)14-23(30)26-16-24(2,3)28-13-12-18-6-4-5-7-20(18)15-28/h4-11,22H,12-16H2,1-3H3,(H,26,30)(H,27,29). The Bertz CT molecular complexity index is 896. The van der Waals surface area contributed by atoms with Gasteiger partial charge in [0.1, 0.15) is 0 Å². The minimum atomic E-state index is -0.384. The molecule has 5 nitrogen and oxygen atoms in total. The van der Waals surface area contributed by atoms with E-state index >= 15 is 0 Å². The number of hydrogen-bond acceptors (Lipinski definition) is 3. The van der Waals surface area contributed by atoms with Gasteiger partial charge in [-0.15, -0.1) is 0 Å². The second-order valence-corrected chi connectivity index (χ2v) is 8.97. The van der Waals surface area contributed by atoms with E-state index in [1.807, 2.05) is 12.1 Å². The molecule has 30 heavy (non-hydrogen) atoms. The highest BCUT2D eigenvalue weighted by Gasteiger charge is 2.30. The molecule has 0 aliphatic carbocycles. The average Bonchev–Trinajstić information content (AvgIpc) is 2.72. The van der Waals surface area contributed by atoms with Crippen LogP contribution < -0.4 is 10.6 Å². The fourth-order valence-corrected chi connectivity index (χ4v) is 4.02. The summed E-state index contributed by atoms with van der Waals surface area (Å²) in [5.41, 5.74) is 3.45. The zero-order valence-corrected chi connectivity index (χ0v) is 18.6. The number of hydrogen-bond donors (Lipinski definition) is 2. The van der Waals surface area contributed by atoms with Gasteiger partial charge in [-0.05, 0) is 49.1 Å². The van der Waals surface area contributed by atoms with Crippen LogP contribution in [0.3, 0.4) is 0 Å². The Kier molecular flexibility index (Phi) is 7.16. The second-order valence-electron chi connectivity index (χ2n) is 8.54. The van der Waals surface area contributed by atoms with Crippen molar-refractivity contribution < 1.29 is 9.59 Å². The molecular weight excluding hydrogens is 398 g/mol. The van der Waals surface area contributed by atoms with Gasteiger partial charge in [-0.3, -0.25) is 14.5 Å². The van der Waals surface area contributed by atoms with Crippen molar-refractivity contribution in [2.75, 3.05) is 13.1 Å². The zero-order valence-electron chi connectivity index (χ0n) is 17.9. The third-order valence-corrected chi connectivity index (χ3v) is 6.00. The lowest BCUT2D eigenvalue weighted by Crippen LogP contribution is -2.53. The van der Waals surface area contributed by atoms with Crippen LogP contribution >= 0.6 is 11.6 Å². The first-order valence-electron chi connectivity index (χ1n) is 10.4. The van der Waals surface area contributed by atoms with Crippen LogP contribution in [0.15, 0.2) is 48.5 Å². The van der Waals surface area contributed by atoms with Gasteiger partial charge >= 0.3 is 0 Å². The van der Waals surface area contributed by atoms with Gasteiger partial charge in [0, 0.05) is 37.1 Å². The highest BCUT2D eigenvalue weighted by Crippen LogP contribution is 2.25. The summed E-state index contributed by atoms with van der Waals surface area (Å²) >= 11 is 5.96. The summed E-state index contributed by atoms with van der Waals surface area (Å²) in [5, 5.41) is 6.56. The predicted octanol–water partition coefficient (Wildman–Crippen LogP) is 3.86. The van der Waals surface area contributed by atoms with Gasteiger partial charge in [-0.2, -0.15) is 0 Å². The summed E-state index contributed by atoms with van der Waals surface area (Å²) in [5.74, 6) is -0.260. The molecule has 0 saturated heterocycles. The lowest BCUT2D eigenvalue weighted by molar-refractivity contribution is -0.123. The normalized spacial score (nSPS) is 15.2. The molecule has 2 aromatic carbocycles. The molecule has 160 valence electrons. The summed E-state index contributed by atoms with van der Waals surface area (Å²) in [6.45, 7) is 8.18. The number of nitrogens with zero attached hydrogens (tertiary/aromatic N) is 1. The summed E-state index contributed by atoms with van der Waals surface area (Å²) in [6, 6.07) is 15.4. The van der Waals surface area contributed by atoms with Gasteiger partial charge in [0.2, 0.25) is 11.8 Å². The molecule has 0 radical (unpaired) electrons. The van der Waals surface area contributed by atoms with Crippen molar-refractivity contribution in [2.45, 2.75) is 51.7 Å². The van der Waals surface area contributed by atoms with Crippen molar-refractivity contribution in [3.05, 3.63) is 70.2 Å². The number of benzene rings is 2. The van der Waals surface area contributed by atoms with E-state index in [0.717, 1.165) is 25.1 Å². The zero-order chi connectivity index (χ0) is 21.7. The lowest BCUT2D eigenvalue weighted by Gasteiger charge is -2.41. The summed E-state index contributed by atoms with van der Waals surface area (Å²) in [6.07, 6.45) is 1.20. The molecule has 0 saturated carbocycles. The average molecular weight is 428 g/mol. The Labute approximate surface area is 183 Å². The summed E-state index contributed by atoms with van der Waals surface area (Å²) in [7, 11) is 0. The molecule has 0 bridgehead atoms. The van der Waals surface area contributed by atoms with Crippen LogP contribution in [0.25, 0.3) is 0 Å². The van der Waals surface area contributed by atoms with E-state index in [1.165, 1.54) is 18.1 Å². The molecule has 1 heterocycles. The molecule has 1 atom stereocenters. The maximum atomic E-state index is 12.7. The number of nitrogens with one attached hydrogen (secondary N) is 2. The van der Waals surface area contributed by atoms with Crippen LogP contribution in [0.1, 0.15) is 49.9 Å². The smallest absolute Gasteiger partial charge is 0.222 e. The van der Waals surface area contributed by atoms with Gasteiger partial charge in [-0.25, -0.2) is 0 Å². The maximum Gasteiger partial charge on any atom is 0.222 e. The molecular formula is C24H30ClN3O2. The number of amides is 2. The van der Waals surface area contributed by atoms with Crippen LogP contribution in [0, 0.1) is 0 Å². The Morgan fingerprint density at radius 3 is 2.43 bits per heavy atom. The lowest BCUT2D eigenvalue weighted by atomic mass is 9.94. The number of halogens is 1. The van der Waals surface area contributed by atoms with Crippen molar-refractivity contribution in [1.29, 1.82) is 0 Å². The van der Waals surface area contributed by atoms with E-state index in [-0.39, 0.29) is 29.8 Å². The molecule has 0 aromatic heterocycles. The second kappa shape index (κ2) is 9.63. The topological polar surface area (TPSA) is 61.4 Å². The van der Waals surface area contributed by atoms with Crippen molar-refractivity contribution >= 4 is 23.4 Å². The van der Waals surface area contributed by atoms with Gasteiger partial charge in [-0.1, -0.05) is 48.0 Å². The fraction of sp³-hybridized carbons (Fsp3) is 0.417. The van der Waals surface area contributed by atoms with Crippen LogP contribution in [0.4, 0.5) is 0 Å². The number of carbonyl (C=O) groups excluding carboxylic acids is 2. The van der Waals surface area contributed by atoms with Gasteiger partial charge in [0.15, 0.2) is 0 Å². The van der Waals surface area contributed by atoms with Gasteiger partial charge < -0.3 is 10.6 Å². The molecule has 2 N–H and O–H groups in total. The van der Waals surface area contributed by atoms with Gasteiger partial charge in [0.05, 0.1) is 12.5 Å². The van der Waals surface area contributed by atoms with E-state index in [2.05, 4.69) is 53.6 Å². The minimum absolute atomic E-state index is 0.0887. The van der Waals surface area contributed by atoms with E-state index in [4.69, 9.17) is 11.6 Å². The first-order valence-corrected chi connectivity index (χ1v) is 10.7. The van der Waals surface area contributed by atoms with E-state index in [1.54, 1.807) is 12.1 Å². The molecule has 3 rings (SSSR count). The third kappa shape index (κ3) is 5.83. The summed E-state index contributed by atoms with van der Waals surface area (Å²) in [4.78, 5) is 26.7. The molecule has 1 aliphatic rings. The van der Waals surface area contributed by atoms with Gasteiger partial charge in [0.25, 0.3) is 0 Å². The monoisotopic (exact) mass is 427 g/mol.